The molecule has 1 unspecified atom stereocenters. The number of nitrogens with zero attached hydrogens (tertiary/aromatic N) is 1. The van der Waals surface area contributed by atoms with Crippen LogP contribution in [0, 0.1) is 11.7 Å². The fourth-order valence-electron chi connectivity index (χ4n) is 4.45. The number of benzene rings is 2. The lowest BCUT2D eigenvalue weighted by Crippen LogP contribution is -2.62. The van der Waals surface area contributed by atoms with Crippen molar-refractivity contribution in [1.82, 2.24) is 14.9 Å². The standard InChI is InChI=1S/C23H30FN3O6S/c1-27(14-15-28)34(31,32)23(16-10-12-25-13-11-16,17-6-3-4-7-18(17)24)26-22(30)21-19(29)8-5-9-20(21)33-2/h3-9,16,25,28-29H,10-15H2,1-2H3,(H,26,30). The van der Waals surface area contributed by atoms with Crippen LogP contribution in [0.15, 0.2) is 42.5 Å². The Labute approximate surface area is 198 Å². The number of carbonyl (C=O) groups excluding carboxylic acids is 1. The Hall–Kier alpha value is -2.73. The molecular weight excluding hydrogens is 465 g/mol. The van der Waals surface area contributed by atoms with Gasteiger partial charge in [-0.25, -0.2) is 17.1 Å². The number of ether oxygens (including phenoxy) is 1. The SMILES string of the molecule is COc1cccc(O)c1C(=O)NC(c1ccccc1F)(C1CCNCC1)S(=O)(=O)N(C)CCO. The molecule has 0 aliphatic carbocycles. The van der Waals surface area contributed by atoms with Gasteiger partial charge in [-0.3, -0.25) is 4.79 Å². The first-order valence-corrected chi connectivity index (χ1v) is 12.4. The highest BCUT2D eigenvalue weighted by atomic mass is 32.2. The van der Waals surface area contributed by atoms with Gasteiger partial charge >= 0.3 is 0 Å². The molecule has 0 aromatic heterocycles. The quantitative estimate of drug-likeness (QED) is 0.414. The maximum atomic E-state index is 15.3. The number of rotatable bonds is 9. The van der Waals surface area contributed by atoms with Gasteiger partial charge < -0.3 is 25.6 Å². The van der Waals surface area contributed by atoms with E-state index in [1.165, 1.54) is 50.6 Å². The molecule has 2 aromatic rings. The summed E-state index contributed by atoms with van der Waals surface area (Å²) in [5, 5.41) is 25.6. The summed E-state index contributed by atoms with van der Waals surface area (Å²) < 4.78 is 49.7. The molecule has 186 valence electrons. The van der Waals surface area contributed by atoms with Crippen LogP contribution >= 0.6 is 0 Å². The minimum absolute atomic E-state index is 0.0337. The normalized spacial score (nSPS) is 16.7. The van der Waals surface area contributed by atoms with Crippen molar-refractivity contribution in [3.63, 3.8) is 0 Å². The fraction of sp³-hybridized carbons (Fsp3) is 0.435. The number of phenols is 1. The van der Waals surface area contributed by atoms with Crippen LogP contribution in [-0.4, -0.2) is 69.2 Å². The second-order valence-electron chi connectivity index (χ2n) is 8.10. The summed E-state index contributed by atoms with van der Waals surface area (Å²) in [6.07, 6.45) is 0.664. The molecule has 4 N–H and O–H groups in total. The van der Waals surface area contributed by atoms with Gasteiger partial charge in [-0.05, 0) is 44.1 Å². The fourth-order valence-corrected chi connectivity index (χ4v) is 6.59. The van der Waals surface area contributed by atoms with Crippen LogP contribution < -0.4 is 15.4 Å². The number of phenolic OH excluding ortho intramolecular Hbond substituents is 1. The highest BCUT2D eigenvalue weighted by molar-refractivity contribution is 7.90. The number of hydrogen-bond acceptors (Lipinski definition) is 7. The number of likely N-dealkylation sites (N-methyl/N-ethyl adjacent to an activating group) is 1. The average molecular weight is 496 g/mol. The van der Waals surface area contributed by atoms with E-state index in [2.05, 4.69) is 10.6 Å². The molecule has 1 heterocycles. The minimum atomic E-state index is -4.48. The molecule has 0 spiro atoms. The van der Waals surface area contributed by atoms with E-state index in [9.17, 15) is 23.4 Å². The lowest BCUT2D eigenvalue weighted by Gasteiger charge is -2.44. The first-order chi connectivity index (χ1) is 16.2. The van der Waals surface area contributed by atoms with Crippen LogP contribution in [0.25, 0.3) is 0 Å². The van der Waals surface area contributed by atoms with E-state index < -0.39 is 44.9 Å². The molecule has 11 heteroatoms. The van der Waals surface area contributed by atoms with Crippen molar-refractivity contribution in [2.45, 2.75) is 17.7 Å². The second kappa shape index (κ2) is 10.7. The molecule has 1 saturated heterocycles. The van der Waals surface area contributed by atoms with Crippen LogP contribution in [0.1, 0.15) is 28.8 Å². The van der Waals surface area contributed by atoms with Crippen LogP contribution in [0.2, 0.25) is 0 Å². The maximum Gasteiger partial charge on any atom is 0.260 e. The van der Waals surface area contributed by atoms with Crippen molar-refractivity contribution in [1.29, 1.82) is 0 Å². The van der Waals surface area contributed by atoms with Gasteiger partial charge in [-0.2, -0.15) is 0 Å². The number of sulfonamides is 1. The molecule has 1 amide bonds. The monoisotopic (exact) mass is 495 g/mol. The number of carbonyl (C=O) groups is 1. The summed E-state index contributed by atoms with van der Waals surface area (Å²) in [5.74, 6) is -2.82. The average Bonchev–Trinajstić information content (AvgIpc) is 2.83. The predicted octanol–water partition coefficient (Wildman–Crippen LogP) is 1.38. The second-order valence-corrected chi connectivity index (χ2v) is 10.3. The van der Waals surface area contributed by atoms with E-state index in [0.717, 1.165) is 10.4 Å². The summed E-state index contributed by atoms with van der Waals surface area (Å²) in [6.45, 7) is 0.224. The van der Waals surface area contributed by atoms with Crippen molar-refractivity contribution in [3.05, 3.63) is 59.4 Å². The first-order valence-electron chi connectivity index (χ1n) is 10.9. The third-order valence-electron chi connectivity index (χ3n) is 6.17. The molecule has 0 radical (unpaired) electrons. The molecule has 1 aliphatic rings. The molecule has 0 saturated carbocycles. The number of methoxy groups -OCH3 is 1. The first kappa shape index (κ1) is 25.9. The van der Waals surface area contributed by atoms with Crippen LogP contribution in [0.4, 0.5) is 4.39 Å². The van der Waals surface area contributed by atoms with Crippen LogP contribution in [-0.2, 0) is 14.9 Å². The van der Waals surface area contributed by atoms with Crippen LogP contribution in [0.3, 0.4) is 0 Å². The highest BCUT2D eigenvalue weighted by Gasteiger charge is 2.56. The van der Waals surface area contributed by atoms with E-state index in [1.54, 1.807) is 0 Å². The maximum absolute atomic E-state index is 15.3. The molecular formula is C23H30FN3O6S. The lowest BCUT2D eigenvalue weighted by molar-refractivity contribution is 0.0877. The number of amides is 1. The number of aliphatic hydroxyl groups is 1. The summed E-state index contributed by atoms with van der Waals surface area (Å²) >= 11 is 0. The molecule has 1 fully saturated rings. The minimum Gasteiger partial charge on any atom is -0.507 e. The van der Waals surface area contributed by atoms with Gasteiger partial charge in [0.1, 0.15) is 22.9 Å². The Balaban J connectivity index is 2.30. The van der Waals surface area contributed by atoms with Gasteiger partial charge in [0.2, 0.25) is 10.0 Å². The topological polar surface area (TPSA) is 128 Å². The Bertz CT molecular complexity index is 1120. The van der Waals surface area contributed by atoms with Crippen molar-refractivity contribution in [2.75, 3.05) is 40.4 Å². The zero-order valence-corrected chi connectivity index (χ0v) is 19.9. The summed E-state index contributed by atoms with van der Waals surface area (Å²) in [5.41, 5.74) is -0.478. The summed E-state index contributed by atoms with van der Waals surface area (Å²) in [4.78, 5) is 11.4. The number of aliphatic hydroxyl groups excluding tert-OH is 1. The summed E-state index contributed by atoms with van der Waals surface area (Å²) in [7, 11) is -1.90. The van der Waals surface area contributed by atoms with Gasteiger partial charge in [0.05, 0.1) is 13.7 Å². The van der Waals surface area contributed by atoms with Gasteiger partial charge in [-0.1, -0.05) is 24.3 Å². The van der Waals surface area contributed by atoms with E-state index in [1.807, 2.05) is 0 Å². The molecule has 1 atom stereocenters. The van der Waals surface area contributed by atoms with E-state index in [4.69, 9.17) is 4.74 Å². The van der Waals surface area contributed by atoms with Gasteiger partial charge in [0.15, 0.2) is 4.87 Å². The van der Waals surface area contributed by atoms with Crippen molar-refractivity contribution < 1.29 is 32.6 Å². The van der Waals surface area contributed by atoms with Gasteiger partial charge in [0.25, 0.3) is 5.91 Å². The third-order valence-corrected chi connectivity index (χ3v) is 8.64. The number of nitrogens with one attached hydrogen (secondary N) is 2. The Morgan fingerprint density at radius 2 is 1.91 bits per heavy atom. The Kier molecular flexibility index (Phi) is 8.13. The largest absolute Gasteiger partial charge is 0.507 e. The molecule has 3 rings (SSSR count). The molecule has 9 nitrogen and oxygen atoms in total. The van der Waals surface area contributed by atoms with Crippen molar-refractivity contribution in [3.8, 4) is 11.5 Å². The van der Waals surface area contributed by atoms with E-state index in [-0.39, 0.29) is 23.4 Å². The predicted molar refractivity (Wildman–Crippen MR) is 124 cm³/mol. The number of halogens is 1. The number of hydrogen-bond donors (Lipinski definition) is 4. The van der Waals surface area contributed by atoms with Gasteiger partial charge in [-0.15, -0.1) is 0 Å². The van der Waals surface area contributed by atoms with Crippen LogP contribution in [0.5, 0.6) is 11.5 Å². The van der Waals surface area contributed by atoms with Gasteiger partial charge in [0, 0.05) is 25.1 Å². The Morgan fingerprint density at radius 1 is 1.24 bits per heavy atom. The molecule has 0 bridgehead atoms. The molecule has 1 aliphatic heterocycles. The smallest absolute Gasteiger partial charge is 0.260 e. The zero-order valence-electron chi connectivity index (χ0n) is 19.1. The van der Waals surface area contributed by atoms with E-state index >= 15 is 4.39 Å². The van der Waals surface area contributed by atoms with E-state index in [0.29, 0.717) is 25.9 Å². The van der Waals surface area contributed by atoms with Crippen molar-refractivity contribution >= 4 is 15.9 Å². The highest BCUT2D eigenvalue weighted by Crippen LogP contribution is 2.43. The summed E-state index contributed by atoms with van der Waals surface area (Å²) in [6, 6.07) is 9.62. The number of aromatic hydroxyl groups is 1. The zero-order chi connectivity index (χ0) is 24.9. The molecule has 2 aromatic carbocycles. The Morgan fingerprint density at radius 3 is 2.53 bits per heavy atom. The third kappa shape index (κ3) is 4.61. The number of piperidine rings is 1. The molecule has 34 heavy (non-hydrogen) atoms. The van der Waals surface area contributed by atoms with Crippen molar-refractivity contribution in [2.24, 2.45) is 5.92 Å². The lowest BCUT2D eigenvalue weighted by atomic mass is 9.84.